The molecule has 2 heterocycles. The number of benzene rings is 5. The van der Waals surface area contributed by atoms with Crippen molar-refractivity contribution in [3.63, 3.8) is 0 Å². The van der Waals surface area contributed by atoms with E-state index in [1.165, 1.54) is 0 Å². The molecule has 0 fully saturated rings. The highest BCUT2D eigenvalue weighted by molar-refractivity contribution is 5.91. The van der Waals surface area contributed by atoms with Crippen molar-refractivity contribution in [2.24, 2.45) is 0 Å². The summed E-state index contributed by atoms with van der Waals surface area (Å²) in [5.41, 5.74) is 8.47. The molecule has 0 N–H and O–H groups in total. The van der Waals surface area contributed by atoms with E-state index in [0.29, 0.717) is 0 Å². The molecule has 0 spiro atoms. The zero-order valence-corrected chi connectivity index (χ0v) is 22.3. The second kappa shape index (κ2) is 8.60. The molecule has 0 atom stereocenters. The number of hydrogen-bond acceptors (Lipinski definition) is 3. The standard InChI is InChI=1S/C36H26N4/c1-35(24-37)27-15-4-8-19-31(27)39(32-20-9-5-16-28(32)35)25-13-12-14-26(23-25)40-33-21-10-6-17-29(33)36(2,38-3)30-18-7-11-22-34(30)40/h4-23H,1-2H3. The van der Waals surface area contributed by atoms with Gasteiger partial charge in [0.15, 0.2) is 0 Å². The summed E-state index contributed by atoms with van der Waals surface area (Å²) in [4.78, 5) is 8.67. The van der Waals surface area contributed by atoms with Crippen LogP contribution < -0.4 is 9.80 Å². The molecule has 40 heavy (non-hydrogen) atoms. The van der Waals surface area contributed by atoms with Gasteiger partial charge in [-0.25, -0.2) is 6.57 Å². The van der Waals surface area contributed by atoms with E-state index in [4.69, 9.17) is 6.57 Å². The van der Waals surface area contributed by atoms with Crippen LogP contribution in [-0.2, 0) is 11.0 Å². The first-order valence-electron chi connectivity index (χ1n) is 13.4. The van der Waals surface area contributed by atoms with Gasteiger partial charge in [-0.1, -0.05) is 66.7 Å². The van der Waals surface area contributed by atoms with Gasteiger partial charge < -0.3 is 14.6 Å². The summed E-state index contributed by atoms with van der Waals surface area (Å²) in [6, 6.07) is 44.0. The lowest BCUT2D eigenvalue weighted by Gasteiger charge is -2.41. The van der Waals surface area contributed by atoms with Gasteiger partial charge in [-0.05, 0) is 61.5 Å². The molecule has 0 aliphatic carbocycles. The number of hydrogen-bond donors (Lipinski definition) is 0. The minimum absolute atomic E-state index is 0.754. The first-order valence-corrected chi connectivity index (χ1v) is 13.4. The lowest BCUT2D eigenvalue weighted by atomic mass is 9.73. The fourth-order valence-corrected chi connectivity index (χ4v) is 6.46. The molecule has 0 radical (unpaired) electrons. The summed E-state index contributed by atoms with van der Waals surface area (Å²) in [5.74, 6) is 0. The molecule has 7 rings (SSSR count). The smallest absolute Gasteiger partial charge is 0.283 e. The van der Waals surface area contributed by atoms with Crippen LogP contribution in [0.2, 0.25) is 0 Å². The van der Waals surface area contributed by atoms with E-state index < -0.39 is 11.0 Å². The highest BCUT2D eigenvalue weighted by Gasteiger charge is 2.46. The first-order chi connectivity index (χ1) is 19.5. The van der Waals surface area contributed by atoms with Crippen LogP contribution in [0, 0.1) is 17.9 Å². The van der Waals surface area contributed by atoms with E-state index in [1.54, 1.807) is 0 Å². The molecule has 0 amide bonds. The molecular formula is C36H26N4. The van der Waals surface area contributed by atoms with Crippen molar-refractivity contribution in [2.75, 3.05) is 9.80 Å². The topological polar surface area (TPSA) is 34.6 Å². The van der Waals surface area contributed by atoms with Crippen LogP contribution in [0.3, 0.4) is 0 Å². The Morgan fingerprint density at radius 1 is 0.575 bits per heavy atom. The van der Waals surface area contributed by atoms with E-state index in [2.05, 4.69) is 93.5 Å². The molecule has 0 bridgehead atoms. The zero-order valence-electron chi connectivity index (χ0n) is 22.3. The SMILES string of the molecule is [C-]#[N+]C1(C)c2ccccc2N(c2cccc(N3c4ccccc4C(C)(C#N)c4ccccc43)c2)c2ccccc21. The van der Waals surface area contributed by atoms with Gasteiger partial charge in [0.05, 0.1) is 39.9 Å². The second-order valence-corrected chi connectivity index (χ2v) is 10.7. The van der Waals surface area contributed by atoms with Crippen LogP contribution in [0.25, 0.3) is 4.85 Å². The average molecular weight is 515 g/mol. The molecule has 5 aromatic rings. The maximum absolute atomic E-state index is 10.4. The Hall–Kier alpha value is -5.32. The maximum Gasteiger partial charge on any atom is 0.283 e. The van der Waals surface area contributed by atoms with Gasteiger partial charge >= 0.3 is 0 Å². The van der Waals surface area contributed by atoms with Crippen molar-refractivity contribution in [1.29, 1.82) is 5.26 Å². The number of anilines is 6. The van der Waals surface area contributed by atoms with Gasteiger partial charge in [0.1, 0.15) is 5.41 Å². The molecule has 0 saturated carbocycles. The monoisotopic (exact) mass is 514 g/mol. The van der Waals surface area contributed by atoms with Crippen LogP contribution in [0.5, 0.6) is 0 Å². The Labute approximate surface area is 234 Å². The molecule has 0 unspecified atom stereocenters. The lowest BCUT2D eigenvalue weighted by molar-refractivity contribution is 0.705. The number of para-hydroxylation sites is 4. The largest absolute Gasteiger partial charge is 0.310 e. The summed E-state index contributed by atoms with van der Waals surface area (Å²) in [6.45, 7) is 12.2. The third kappa shape index (κ3) is 3.11. The van der Waals surface area contributed by atoms with Crippen molar-refractivity contribution in [1.82, 2.24) is 0 Å². The molecule has 0 saturated heterocycles. The van der Waals surface area contributed by atoms with Gasteiger partial charge in [0, 0.05) is 29.4 Å². The third-order valence-corrected chi connectivity index (χ3v) is 8.50. The number of nitriles is 1. The Kier molecular flexibility index (Phi) is 5.11. The molecule has 190 valence electrons. The third-order valence-electron chi connectivity index (χ3n) is 8.50. The zero-order chi connectivity index (χ0) is 27.5. The average Bonchev–Trinajstić information content (AvgIpc) is 3.02. The van der Waals surface area contributed by atoms with Gasteiger partial charge in [0.2, 0.25) is 0 Å². The fourth-order valence-electron chi connectivity index (χ4n) is 6.46. The van der Waals surface area contributed by atoms with Gasteiger partial charge in [-0.15, -0.1) is 0 Å². The predicted octanol–water partition coefficient (Wildman–Crippen LogP) is 9.27. The Morgan fingerprint density at radius 3 is 1.35 bits per heavy atom. The number of rotatable bonds is 2. The minimum atomic E-state index is -0.770. The van der Waals surface area contributed by atoms with Crippen molar-refractivity contribution in [3.05, 3.63) is 155 Å². The van der Waals surface area contributed by atoms with Crippen LogP contribution >= 0.6 is 0 Å². The van der Waals surface area contributed by atoms with Gasteiger partial charge in [0.25, 0.3) is 5.54 Å². The van der Waals surface area contributed by atoms with Crippen LogP contribution in [-0.4, -0.2) is 0 Å². The summed E-state index contributed by atoms with van der Waals surface area (Å²) in [7, 11) is 0. The van der Waals surface area contributed by atoms with Gasteiger partial charge in [-0.2, -0.15) is 5.26 Å². The predicted molar refractivity (Wildman–Crippen MR) is 161 cm³/mol. The van der Waals surface area contributed by atoms with Crippen molar-refractivity contribution in [2.45, 2.75) is 24.8 Å². The summed E-state index contributed by atoms with van der Waals surface area (Å²) in [6.07, 6.45) is 0. The van der Waals surface area contributed by atoms with E-state index in [1.807, 2.05) is 62.4 Å². The summed E-state index contributed by atoms with van der Waals surface area (Å²) < 4.78 is 0. The summed E-state index contributed by atoms with van der Waals surface area (Å²) in [5, 5.41) is 10.4. The Bertz CT molecular complexity index is 1660. The molecule has 2 aliphatic heterocycles. The number of nitrogens with zero attached hydrogens (tertiary/aromatic N) is 4. The minimum Gasteiger partial charge on any atom is -0.310 e. The Morgan fingerprint density at radius 2 is 0.950 bits per heavy atom. The van der Waals surface area contributed by atoms with Crippen molar-refractivity contribution >= 4 is 34.1 Å². The first kappa shape index (κ1) is 23.8. The molecule has 4 heteroatoms. The van der Waals surface area contributed by atoms with E-state index >= 15 is 0 Å². The fraction of sp³-hybridized carbons (Fsp3) is 0.111. The van der Waals surface area contributed by atoms with Crippen LogP contribution in [0.4, 0.5) is 34.1 Å². The number of fused-ring (bicyclic) bond motifs is 4. The molecule has 5 aromatic carbocycles. The molecule has 2 aliphatic rings. The summed E-state index contributed by atoms with van der Waals surface area (Å²) >= 11 is 0. The van der Waals surface area contributed by atoms with Crippen LogP contribution in [0.1, 0.15) is 36.1 Å². The van der Waals surface area contributed by atoms with E-state index in [9.17, 15) is 5.26 Å². The Balaban J connectivity index is 1.46. The highest BCUT2D eigenvalue weighted by Crippen LogP contribution is 2.55. The van der Waals surface area contributed by atoms with Crippen molar-refractivity contribution in [3.8, 4) is 6.07 Å². The molecule has 0 aromatic heterocycles. The lowest BCUT2D eigenvalue weighted by Crippen LogP contribution is -2.32. The van der Waals surface area contributed by atoms with Gasteiger partial charge in [-0.3, -0.25) is 0 Å². The van der Waals surface area contributed by atoms with Crippen LogP contribution in [0.15, 0.2) is 121 Å². The quantitative estimate of drug-likeness (QED) is 0.220. The highest BCUT2D eigenvalue weighted by atomic mass is 15.2. The normalized spacial score (nSPS) is 15.5. The van der Waals surface area contributed by atoms with E-state index in [0.717, 1.165) is 56.4 Å². The molecular weight excluding hydrogens is 488 g/mol. The molecule has 4 nitrogen and oxygen atoms in total. The maximum atomic E-state index is 10.4. The van der Waals surface area contributed by atoms with E-state index in [-0.39, 0.29) is 0 Å². The van der Waals surface area contributed by atoms with Crippen molar-refractivity contribution < 1.29 is 0 Å². The second-order valence-electron chi connectivity index (χ2n) is 10.7.